The molecule has 0 amide bonds. The number of allylic oxidation sites excluding steroid dienone is 3. The van der Waals surface area contributed by atoms with Gasteiger partial charge in [-0.15, -0.1) is 0 Å². The van der Waals surface area contributed by atoms with Crippen LogP contribution in [0.25, 0.3) is 0 Å². The monoisotopic (exact) mass is 264 g/mol. The van der Waals surface area contributed by atoms with Crippen LogP contribution in [0.15, 0.2) is 24.3 Å². The third-order valence-electron chi connectivity index (χ3n) is 4.27. The zero-order valence-corrected chi connectivity index (χ0v) is 13.3. The molecule has 1 heterocycles. The fourth-order valence-electron chi connectivity index (χ4n) is 2.61. The van der Waals surface area contributed by atoms with Crippen molar-refractivity contribution < 1.29 is 4.74 Å². The second-order valence-corrected chi connectivity index (χ2v) is 6.05. The number of rotatable bonds is 8. The summed E-state index contributed by atoms with van der Waals surface area (Å²) in [5, 5.41) is 0. The molecule has 1 saturated heterocycles. The molecule has 4 atom stereocenters. The first-order valence-corrected chi connectivity index (χ1v) is 8.13. The van der Waals surface area contributed by atoms with Crippen molar-refractivity contribution in [3.63, 3.8) is 0 Å². The van der Waals surface area contributed by atoms with Gasteiger partial charge in [0.2, 0.25) is 0 Å². The van der Waals surface area contributed by atoms with Crippen LogP contribution in [0.5, 0.6) is 0 Å². The van der Waals surface area contributed by atoms with Crippen LogP contribution >= 0.6 is 0 Å². The molecule has 110 valence electrons. The lowest BCUT2D eigenvalue weighted by molar-refractivity contribution is 0.124. The van der Waals surface area contributed by atoms with Gasteiger partial charge in [-0.3, -0.25) is 0 Å². The van der Waals surface area contributed by atoms with Gasteiger partial charge in [0.15, 0.2) is 0 Å². The molecule has 0 N–H and O–H groups in total. The topological polar surface area (TPSA) is 9.23 Å². The summed E-state index contributed by atoms with van der Waals surface area (Å²) in [5.41, 5.74) is 0. The maximum absolute atomic E-state index is 5.94. The van der Waals surface area contributed by atoms with E-state index in [0.29, 0.717) is 23.9 Å². The summed E-state index contributed by atoms with van der Waals surface area (Å²) in [4.78, 5) is 0. The number of hydrogen-bond acceptors (Lipinski definition) is 1. The molecule has 0 aromatic carbocycles. The van der Waals surface area contributed by atoms with Crippen LogP contribution in [0.4, 0.5) is 0 Å². The lowest BCUT2D eigenvalue weighted by Gasteiger charge is -2.18. The largest absolute Gasteiger partial charge is 0.374 e. The van der Waals surface area contributed by atoms with Crippen molar-refractivity contribution in [3.8, 4) is 0 Å². The van der Waals surface area contributed by atoms with Gasteiger partial charge in [-0.05, 0) is 37.0 Å². The van der Waals surface area contributed by atoms with Crippen LogP contribution in [0.3, 0.4) is 0 Å². The van der Waals surface area contributed by atoms with E-state index in [2.05, 4.69) is 52.0 Å². The summed E-state index contributed by atoms with van der Waals surface area (Å²) in [7, 11) is 0. The third kappa shape index (κ3) is 5.95. The molecule has 1 nitrogen and oxygen atoms in total. The molecule has 19 heavy (non-hydrogen) atoms. The van der Waals surface area contributed by atoms with E-state index >= 15 is 0 Å². The lowest BCUT2D eigenvalue weighted by atomic mass is 9.87. The van der Waals surface area contributed by atoms with Gasteiger partial charge < -0.3 is 4.74 Å². The molecule has 0 aromatic rings. The van der Waals surface area contributed by atoms with Crippen molar-refractivity contribution in [1.82, 2.24) is 0 Å². The summed E-state index contributed by atoms with van der Waals surface area (Å²) in [6.07, 6.45) is 15.8. The summed E-state index contributed by atoms with van der Waals surface area (Å²) in [6, 6.07) is 0. The van der Waals surface area contributed by atoms with Gasteiger partial charge in [-0.25, -0.2) is 0 Å². The molecular formula is C18H32O. The Morgan fingerprint density at radius 2 is 1.95 bits per heavy atom. The molecule has 0 bridgehead atoms. The molecule has 1 rings (SSSR count). The Morgan fingerprint density at radius 1 is 1.21 bits per heavy atom. The van der Waals surface area contributed by atoms with E-state index < -0.39 is 0 Å². The minimum atomic E-state index is 0.351. The van der Waals surface area contributed by atoms with E-state index in [9.17, 15) is 0 Å². The van der Waals surface area contributed by atoms with Gasteiger partial charge >= 0.3 is 0 Å². The summed E-state index contributed by atoms with van der Waals surface area (Å²) >= 11 is 0. The van der Waals surface area contributed by atoms with Crippen molar-refractivity contribution in [2.75, 3.05) is 6.61 Å². The average molecular weight is 264 g/mol. The number of unbranched alkanes of at least 4 members (excludes halogenated alkanes) is 1. The average Bonchev–Trinajstić information content (AvgIpc) is 2.77. The highest BCUT2D eigenvalue weighted by Gasteiger charge is 2.31. The van der Waals surface area contributed by atoms with Crippen molar-refractivity contribution in [2.24, 2.45) is 17.8 Å². The van der Waals surface area contributed by atoms with Gasteiger partial charge in [0, 0.05) is 0 Å². The first-order chi connectivity index (χ1) is 9.19. The molecule has 0 aliphatic carbocycles. The third-order valence-corrected chi connectivity index (χ3v) is 4.27. The lowest BCUT2D eigenvalue weighted by Crippen LogP contribution is -2.17. The van der Waals surface area contributed by atoms with Crippen LogP contribution in [0.1, 0.15) is 59.8 Å². The highest BCUT2D eigenvalue weighted by Crippen LogP contribution is 2.32. The van der Waals surface area contributed by atoms with Gasteiger partial charge in [0.05, 0.1) is 12.7 Å². The molecule has 0 saturated carbocycles. The van der Waals surface area contributed by atoms with Crippen molar-refractivity contribution >= 4 is 0 Å². The fraction of sp³-hybridized carbons (Fsp3) is 0.778. The van der Waals surface area contributed by atoms with Gasteiger partial charge in [-0.1, -0.05) is 64.8 Å². The molecular weight excluding hydrogens is 232 g/mol. The predicted molar refractivity (Wildman–Crippen MR) is 84.3 cm³/mol. The summed E-state index contributed by atoms with van der Waals surface area (Å²) < 4.78 is 5.94. The number of ether oxygens (including phenoxy) is 1. The fourth-order valence-corrected chi connectivity index (χ4v) is 2.61. The summed E-state index contributed by atoms with van der Waals surface area (Å²) in [6.45, 7) is 10.0. The van der Waals surface area contributed by atoms with E-state index in [1.165, 1.54) is 32.1 Å². The van der Waals surface area contributed by atoms with E-state index in [1.54, 1.807) is 0 Å². The van der Waals surface area contributed by atoms with Crippen LogP contribution in [-0.2, 0) is 4.74 Å². The van der Waals surface area contributed by atoms with Crippen LogP contribution in [0.2, 0.25) is 0 Å². The Bertz CT molecular complexity index is 279. The second kappa shape index (κ2) is 9.36. The minimum absolute atomic E-state index is 0.351. The quantitative estimate of drug-likeness (QED) is 0.535. The molecule has 0 unspecified atom stereocenters. The van der Waals surface area contributed by atoms with E-state index in [-0.39, 0.29) is 0 Å². The maximum atomic E-state index is 5.94. The van der Waals surface area contributed by atoms with Crippen LogP contribution in [0, 0.1) is 17.8 Å². The van der Waals surface area contributed by atoms with Gasteiger partial charge in [-0.2, -0.15) is 0 Å². The highest BCUT2D eigenvalue weighted by molar-refractivity contribution is 4.99. The standard InChI is InChI=1S/C18H32O/c1-5-7-8-9-10-11-17-16(4)14-19-18(17)13-12-15(3)6-2/h8-9,12-13,15-18H,5-7,10-11,14H2,1-4H3/b9-8-,13-12+/t15-,16-,17-,18+/m0/s1. The zero-order valence-electron chi connectivity index (χ0n) is 13.3. The van der Waals surface area contributed by atoms with Crippen molar-refractivity contribution in [2.45, 2.75) is 65.9 Å². The Labute approximate surface area is 120 Å². The molecule has 0 aromatic heterocycles. The molecule has 1 aliphatic heterocycles. The predicted octanol–water partition coefficient (Wildman–Crippen LogP) is 5.38. The summed E-state index contributed by atoms with van der Waals surface area (Å²) in [5.74, 6) is 2.07. The van der Waals surface area contributed by atoms with Crippen LogP contribution in [-0.4, -0.2) is 12.7 Å². The molecule has 0 radical (unpaired) electrons. The Hall–Kier alpha value is -0.560. The van der Waals surface area contributed by atoms with Gasteiger partial charge in [0.1, 0.15) is 0 Å². The highest BCUT2D eigenvalue weighted by atomic mass is 16.5. The van der Waals surface area contributed by atoms with E-state index in [1.807, 2.05) is 0 Å². The Morgan fingerprint density at radius 3 is 2.63 bits per heavy atom. The van der Waals surface area contributed by atoms with Crippen molar-refractivity contribution in [1.29, 1.82) is 0 Å². The number of hydrogen-bond donors (Lipinski definition) is 0. The van der Waals surface area contributed by atoms with E-state index in [4.69, 9.17) is 4.74 Å². The maximum Gasteiger partial charge on any atom is 0.0787 e. The zero-order chi connectivity index (χ0) is 14.1. The first-order valence-electron chi connectivity index (χ1n) is 8.13. The smallest absolute Gasteiger partial charge is 0.0787 e. The molecule has 1 heteroatoms. The van der Waals surface area contributed by atoms with Crippen LogP contribution < -0.4 is 0 Å². The molecule has 1 aliphatic rings. The first kappa shape index (κ1) is 16.5. The minimum Gasteiger partial charge on any atom is -0.374 e. The molecule has 1 fully saturated rings. The van der Waals surface area contributed by atoms with Gasteiger partial charge in [0.25, 0.3) is 0 Å². The SMILES string of the molecule is CCC/C=C\CC[C@H]1[C@@H](C)CO[C@@H]1/C=C/[C@@H](C)CC. The molecule has 0 spiro atoms. The second-order valence-electron chi connectivity index (χ2n) is 6.05. The van der Waals surface area contributed by atoms with Crippen molar-refractivity contribution in [3.05, 3.63) is 24.3 Å². The Balaban J connectivity index is 2.41. The Kier molecular flexibility index (Phi) is 8.13. The normalized spacial score (nSPS) is 29.6. The van der Waals surface area contributed by atoms with E-state index in [0.717, 1.165) is 6.61 Å².